The number of fused-ring (bicyclic) bond motifs is 3. The van der Waals surface area contributed by atoms with Gasteiger partial charge in [0.15, 0.2) is 0 Å². The Kier molecular flexibility index (Phi) is 4.47. The minimum Gasteiger partial charge on any atom is -0.508 e. The SMILES string of the molecule is Cc1nnc2n1-c1ccc(-c3cccc(O)c3)cc1C(Nc1ccc(F)cc1)CC2. The summed E-state index contributed by atoms with van der Waals surface area (Å²) < 4.78 is 15.5. The molecule has 0 radical (unpaired) electrons. The second kappa shape index (κ2) is 7.30. The fourth-order valence-corrected chi connectivity index (χ4v) is 4.11. The van der Waals surface area contributed by atoms with Crippen LogP contribution in [0.1, 0.15) is 29.7 Å². The average Bonchev–Trinajstić information content (AvgIpc) is 3.04. The molecule has 0 bridgehead atoms. The molecule has 0 amide bonds. The normalized spacial score (nSPS) is 15.2. The predicted octanol–water partition coefficient (Wildman–Crippen LogP) is 5.19. The van der Waals surface area contributed by atoms with E-state index >= 15 is 0 Å². The summed E-state index contributed by atoms with van der Waals surface area (Å²) in [6.45, 7) is 1.96. The van der Waals surface area contributed by atoms with Crippen molar-refractivity contribution in [3.05, 3.63) is 89.8 Å². The van der Waals surface area contributed by atoms with Gasteiger partial charge in [-0.3, -0.25) is 4.57 Å². The molecular formula is C24H21FN4O. The van der Waals surface area contributed by atoms with E-state index in [2.05, 4.69) is 38.3 Å². The van der Waals surface area contributed by atoms with Crippen molar-refractivity contribution >= 4 is 5.69 Å². The zero-order valence-corrected chi connectivity index (χ0v) is 16.5. The highest BCUT2D eigenvalue weighted by molar-refractivity contribution is 5.69. The van der Waals surface area contributed by atoms with Gasteiger partial charge >= 0.3 is 0 Å². The van der Waals surface area contributed by atoms with Crippen molar-refractivity contribution in [3.8, 4) is 22.6 Å². The second-order valence-electron chi connectivity index (χ2n) is 7.57. The average molecular weight is 400 g/mol. The molecule has 0 saturated heterocycles. The maximum Gasteiger partial charge on any atom is 0.137 e. The Morgan fingerprint density at radius 2 is 1.80 bits per heavy atom. The Morgan fingerprint density at radius 1 is 1.00 bits per heavy atom. The molecule has 0 spiro atoms. The standard InChI is InChI=1S/C24H21FN4O/c1-15-27-28-24-12-10-22(26-19-8-6-18(25)7-9-19)21-14-17(5-11-23(21)29(15)24)16-3-2-4-20(30)13-16/h2-9,11,13-14,22,26,30H,10,12H2,1H3. The summed E-state index contributed by atoms with van der Waals surface area (Å²) in [7, 11) is 0. The van der Waals surface area contributed by atoms with Crippen LogP contribution in [0.15, 0.2) is 66.7 Å². The molecule has 150 valence electrons. The number of nitrogens with zero attached hydrogens (tertiary/aromatic N) is 3. The van der Waals surface area contributed by atoms with Gasteiger partial charge in [0, 0.05) is 12.1 Å². The third-order valence-electron chi connectivity index (χ3n) is 5.56. The van der Waals surface area contributed by atoms with Gasteiger partial charge < -0.3 is 10.4 Å². The van der Waals surface area contributed by atoms with E-state index in [-0.39, 0.29) is 17.6 Å². The van der Waals surface area contributed by atoms with Gasteiger partial charge in [-0.05, 0) is 78.6 Å². The van der Waals surface area contributed by atoms with Crippen LogP contribution < -0.4 is 5.32 Å². The highest BCUT2D eigenvalue weighted by atomic mass is 19.1. The number of anilines is 1. The molecule has 5 rings (SSSR count). The maximum absolute atomic E-state index is 13.4. The molecule has 0 saturated carbocycles. The van der Waals surface area contributed by atoms with E-state index in [0.29, 0.717) is 0 Å². The molecule has 1 aromatic heterocycles. The lowest BCUT2D eigenvalue weighted by atomic mass is 9.95. The molecule has 30 heavy (non-hydrogen) atoms. The highest BCUT2D eigenvalue weighted by Crippen LogP contribution is 2.36. The number of phenols is 1. The van der Waals surface area contributed by atoms with Crippen molar-refractivity contribution in [2.24, 2.45) is 0 Å². The summed E-state index contributed by atoms with van der Waals surface area (Å²) >= 11 is 0. The number of aryl methyl sites for hydroxylation is 2. The number of nitrogens with one attached hydrogen (secondary N) is 1. The highest BCUT2D eigenvalue weighted by Gasteiger charge is 2.25. The van der Waals surface area contributed by atoms with E-state index in [0.717, 1.165) is 52.6 Å². The molecular weight excluding hydrogens is 379 g/mol. The molecule has 2 N–H and O–H groups in total. The Hall–Kier alpha value is -3.67. The van der Waals surface area contributed by atoms with Crippen LogP contribution in [0.3, 0.4) is 0 Å². The van der Waals surface area contributed by atoms with E-state index < -0.39 is 0 Å². The molecule has 3 aromatic carbocycles. The molecule has 1 unspecified atom stereocenters. The summed E-state index contributed by atoms with van der Waals surface area (Å²) in [5.41, 5.74) is 4.98. The number of hydrogen-bond acceptors (Lipinski definition) is 4. The minimum absolute atomic E-state index is 0.0174. The lowest BCUT2D eigenvalue weighted by Crippen LogP contribution is -2.12. The predicted molar refractivity (Wildman–Crippen MR) is 114 cm³/mol. The van der Waals surface area contributed by atoms with E-state index in [1.807, 2.05) is 19.1 Å². The first-order chi connectivity index (χ1) is 14.6. The van der Waals surface area contributed by atoms with E-state index in [1.165, 1.54) is 12.1 Å². The number of benzene rings is 3. The van der Waals surface area contributed by atoms with Gasteiger partial charge in [0.1, 0.15) is 23.2 Å². The van der Waals surface area contributed by atoms with Crippen LogP contribution in [0.4, 0.5) is 10.1 Å². The first-order valence-electron chi connectivity index (χ1n) is 9.95. The molecule has 0 aliphatic carbocycles. The summed E-state index contributed by atoms with van der Waals surface area (Å²) in [6, 6.07) is 20.0. The van der Waals surface area contributed by atoms with Gasteiger partial charge in [-0.15, -0.1) is 10.2 Å². The third-order valence-corrected chi connectivity index (χ3v) is 5.56. The van der Waals surface area contributed by atoms with E-state index in [9.17, 15) is 9.50 Å². The summed E-state index contributed by atoms with van der Waals surface area (Å²) in [6.07, 6.45) is 1.60. The van der Waals surface area contributed by atoms with E-state index in [1.54, 1.807) is 24.3 Å². The summed E-state index contributed by atoms with van der Waals surface area (Å²) in [4.78, 5) is 0. The Labute approximate surface area is 173 Å². The van der Waals surface area contributed by atoms with Crippen LogP contribution in [0.2, 0.25) is 0 Å². The van der Waals surface area contributed by atoms with Crippen LogP contribution in [0, 0.1) is 12.7 Å². The number of rotatable bonds is 3. The topological polar surface area (TPSA) is 63.0 Å². The van der Waals surface area contributed by atoms with Gasteiger partial charge in [-0.1, -0.05) is 18.2 Å². The van der Waals surface area contributed by atoms with Crippen molar-refractivity contribution in [1.29, 1.82) is 0 Å². The minimum atomic E-state index is -0.255. The fraction of sp³-hybridized carbons (Fsp3) is 0.167. The lowest BCUT2D eigenvalue weighted by Gasteiger charge is -2.22. The molecule has 1 atom stereocenters. The molecule has 1 aliphatic heterocycles. The molecule has 0 fully saturated rings. The Balaban J connectivity index is 1.63. The van der Waals surface area contributed by atoms with Gasteiger partial charge in [0.05, 0.1) is 11.7 Å². The van der Waals surface area contributed by atoms with E-state index in [4.69, 9.17) is 0 Å². The van der Waals surface area contributed by atoms with Crippen LogP contribution in [0.5, 0.6) is 5.75 Å². The first kappa shape index (κ1) is 18.4. The van der Waals surface area contributed by atoms with Gasteiger partial charge in [-0.2, -0.15) is 0 Å². The number of aromatic nitrogens is 3. The van der Waals surface area contributed by atoms with Crippen molar-refractivity contribution < 1.29 is 9.50 Å². The van der Waals surface area contributed by atoms with Crippen LogP contribution in [-0.4, -0.2) is 19.9 Å². The maximum atomic E-state index is 13.4. The Bertz CT molecular complexity index is 1220. The first-order valence-corrected chi connectivity index (χ1v) is 9.95. The number of phenolic OH excluding ortho intramolecular Hbond substituents is 1. The molecule has 2 heterocycles. The second-order valence-corrected chi connectivity index (χ2v) is 7.57. The third kappa shape index (κ3) is 3.30. The van der Waals surface area contributed by atoms with Crippen LogP contribution in [0.25, 0.3) is 16.8 Å². The van der Waals surface area contributed by atoms with Crippen molar-refractivity contribution in [2.45, 2.75) is 25.8 Å². The summed E-state index contributed by atoms with van der Waals surface area (Å²) in [5, 5.41) is 22.1. The number of halogens is 1. The molecule has 1 aliphatic rings. The van der Waals surface area contributed by atoms with Gasteiger partial charge in [0.25, 0.3) is 0 Å². The lowest BCUT2D eigenvalue weighted by molar-refractivity contribution is 0.475. The fourth-order valence-electron chi connectivity index (χ4n) is 4.11. The summed E-state index contributed by atoms with van der Waals surface area (Å²) in [5.74, 6) is 1.76. The number of hydrogen-bond donors (Lipinski definition) is 2. The van der Waals surface area contributed by atoms with Crippen molar-refractivity contribution in [3.63, 3.8) is 0 Å². The number of aromatic hydroxyl groups is 1. The zero-order chi connectivity index (χ0) is 20.7. The van der Waals surface area contributed by atoms with Crippen LogP contribution in [-0.2, 0) is 6.42 Å². The zero-order valence-electron chi connectivity index (χ0n) is 16.5. The molecule has 4 aromatic rings. The largest absolute Gasteiger partial charge is 0.508 e. The Morgan fingerprint density at radius 3 is 2.60 bits per heavy atom. The van der Waals surface area contributed by atoms with Gasteiger partial charge in [-0.25, -0.2) is 4.39 Å². The van der Waals surface area contributed by atoms with Crippen molar-refractivity contribution in [2.75, 3.05) is 5.32 Å². The monoisotopic (exact) mass is 400 g/mol. The van der Waals surface area contributed by atoms with Crippen LogP contribution >= 0.6 is 0 Å². The molecule has 5 nitrogen and oxygen atoms in total. The van der Waals surface area contributed by atoms with Crippen molar-refractivity contribution in [1.82, 2.24) is 14.8 Å². The smallest absolute Gasteiger partial charge is 0.137 e. The van der Waals surface area contributed by atoms with Gasteiger partial charge in [0.2, 0.25) is 0 Å². The molecule has 6 heteroatoms. The quantitative estimate of drug-likeness (QED) is 0.497.